The van der Waals surface area contributed by atoms with Crippen molar-refractivity contribution in [2.75, 3.05) is 0 Å². The Morgan fingerprint density at radius 2 is 2.27 bits per heavy atom. The maximum Gasteiger partial charge on any atom is 0.303 e. The van der Waals surface area contributed by atoms with Gasteiger partial charge in [0.05, 0.1) is 0 Å². The van der Waals surface area contributed by atoms with E-state index in [4.69, 9.17) is 16.7 Å². The van der Waals surface area contributed by atoms with Gasteiger partial charge >= 0.3 is 5.97 Å². The number of allylic oxidation sites excluding steroid dienone is 1. The molecule has 15 heavy (non-hydrogen) atoms. The second-order valence-electron chi connectivity index (χ2n) is 3.34. The molecule has 0 aromatic heterocycles. The Morgan fingerprint density at radius 1 is 1.53 bits per heavy atom. The van der Waals surface area contributed by atoms with Crippen LogP contribution < -0.4 is 0 Å². The molecular formula is C12H13ClO2. The lowest BCUT2D eigenvalue weighted by Gasteiger charge is -2.00. The molecule has 0 aliphatic rings. The van der Waals surface area contributed by atoms with Crippen LogP contribution in [0.15, 0.2) is 24.3 Å². The SMILES string of the molecule is Cc1cc(Cl)ccc1C=CCCC(=O)O. The normalized spacial score (nSPS) is 10.8. The molecule has 1 rings (SSSR count). The predicted molar refractivity (Wildman–Crippen MR) is 62.1 cm³/mol. The molecule has 2 nitrogen and oxygen atoms in total. The average Bonchev–Trinajstić information content (AvgIpc) is 2.14. The molecule has 0 bridgehead atoms. The van der Waals surface area contributed by atoms with Crippen LogP contribution in [0.4, 0.5) is 0 Å². The number of aliphatic carboxylic acids is 1. The molecule has 1 aromatic carbocycles. The van der Waals surface area contributed by atoms with E-state index >= 15 is 0 Å². The number of hydrogen-bond acceptors (Lipinski definition) is 1. The maximum absolute atomic E-state index is 10.3. The van der Waals surface area contributed by atoms with Gasteiger partial charge in [-0.05, 0) is 36.6 Å². The van der Waals surface area contributed by atoms with E-state index in [1.54, 1.807) is 0 Å². The van der Waals surface area contributed by atoms with Crippen LogP contribution in [-0.2, 0) is 4.79 Å². The molecule has 0 aliphatic heterocycles. The van der Waals surface area contributed by atoms with Crippen LogP contribution in [0.2, 0.25) is 5.02 Å². The van der Waals surface area contributed by atoms with Crippen molar-refractivity contribution in [3.8, 4) is 0 Å². The number of rotatable bonds is 4. The van der Waals surface area contributed by atoms with Gasteiger partial charge < -0.3 is 5.11 Å². The summed E-state index contributed by atoms with van der Waals surface area (Å²) in [6, 6.07) is 5.64. The number of benzene rings is 1. The monoisotopic (exact) mass is 224 g/mol. The molecule has 0 fully saturated rings. The van der Waals surface area contributed by atoms with E-state index in [0.29, 0.717) is 6.42 Å². The Bertz CT molecular complexity index is 383. The van der Waals surface area contributed by atoms with Gasteiger partial charge in [-0.15, -0.1) is 0 Å². The topological polar surface area (TPSA) is 37.3 Å². The number of halogens is 1. The molecule has 1 N–H and O–H groups in total. The lowest BCUT2D eigenvalue weighted by atomic mass is 10.1. The minimum absolute atomic E-state index is 0.170. The van der Waals surface area contributed by atoms with Crippen molar-refractivity contribution >= 4 is 23.6 Å². The molecule has 0 atom stereocenters. The Hall–Kier alpha value is -1.28. The fourth-order valence-electron chi connectivity index (χ4n) is 1.24. The van der Waals surface area contributed by atoms with Crippen LogP contribution in [0.5, 0.6) is 0 Å². The van der Waals surface area contributed by atoms with Crippen LogP contribution in [0, 0.1) is 6.92 Å². The number of carboxylic acids is 1. The van der Waals surface area contributed by atoms with E-state index in [0.717, 1.165) is 16.1 Å². The van der Waals surface area contributed by atoms with Gasteiger partial charge in [-0.1, -0.05) is 29.8 Å². The highest BCUT2D eigenvalue weighted by molar-refractivity contribution is 6.30. The Morgan fingerprint density at radius 3 is 2.87 bits per heavy atom. The second kappa shape index (κ2) is 5.56. The summed E-state index contributed by atoms with van der Waals surface area (Å²) in [4.78, 5) is 10.3. The fourth-order valence-corrected chi connectivity index (χ4v) is 1.47. The molecule has 0 spiro atoms. The zero-order chi connectivity index (χ0) is 11.3. The Balaban J connectivity index is 2.60. The van der Waals surface area contributed by atoms with E-state index < -0.39 is 5.97 Å². The number of hydrogen-bond donors (Lipinski definition) is 1. The lowest BCUT2D eigenvalue weighted by Crippen LogP contribution is -1.91. The number of carboxylic acid groups (broad SMARTS) is 1. The van der Waals surface area contributed by atoms with E-state index in [1.165, 1.54) is 0 Å². The Kier molecular flexibility index (Phi) is 4.37. The molecule has 0 amide bonds. The largest absolute Gasteiger partial charge is 0.481 e. The summed E-state index contributed by atoms with van der Waals surface area (Å²) in [7, 11) is 0. The third-order valence-electron chi connectivity index (χ3n) is 2.05. The van der Waals surface area contributed by atoms with E-state index in [2.05, 4.69) is 0 Å². The highest BCUT2D eigenvalue weighted by Crippen LogP contribution is 2.16. The van der Waals surface area contributed by atoms with Crippen LogP contribution in [0.25, 0.3) is 6.08 Å². The summed E-state index contributed by atoms with van der Waals surface area (Å²) in [6.45, 7) is 1.97. The van der Waals surface area contributed by atoms with Gasteiger partial charge in [0.1, 0.15) is 0 Å². The van der Waals surface area contributed by atoms with Crippen molar-refractivity contribution < 1.29 is 9.90 Å². The average molecular weight is 225 g/mol. The standard InChI is InChI=1S/C12H13ClO2/c1-9-8-11(13)7-6-10(9)4-2-3-5-12(14)15/h2,4,6-8H,3,5H2,1H3,(H,14,15). The van der Waals surface area contributed by atoms with Gasteiger partial charge in [-0.25, -0.2) is 0 Å². The van der Waals surface area contributed by atoms with Gasteiger partial charge in [0.15, 0.2) is 0 Å². The summed E-state index contributed by atoms with van der Waals surface area (Å²) >= 11 is 5.82. The first kappa shape index (κ1) is 11.8. The number of aryl methyl sites for hydroxylation is 1. The maximum atomic E-state index is 10.3. The predicted octanol–water partition coefficient (Wildman–Crippen LogP) is 3.53. The molecule has 80 valence electrons. The van der Waals surface area contributed by atoms with Gasteiger partial charge in [0.2, 0.25) is 0 Å². The quantitative estimate of drug-likeness (QED) is 0.850. The van der Waals surface area contributed by atoms with Gasteiger partial charge in [-0.2, -0.15) is 0 Å². The smallest absolute Gasteiger partial charge is 0.303 e. The van der Waals surface area contributed by atoms with E-state index in [1.807, 2.05) is 37.3 Å². The third kappa shape index (κ3) is 4.17. The summed E-state index contributed by atoms with van der Waals surface area (Å²) in [5.74, 6) is -0.771. The summed E-state index contributed by atoms with van der Waals surface area (Å²) < 4.78 is 0. The van der Waals surface area contributed by atoms with Crippen molar-refractivity contribution in [2.24, 2.45) is 0 Å². The molecular weight excluding hydrogens is 212 g/mol. The molecule has 0 saturated heterocycles. The highest BCUT2D eigenvalue weighted by atomic mass is 35.5. The zero-order valence-electron chi connectivity index (χ0n) is 8.53. The summed E-state index contributed by atoms with van der Waals surface area (Å²) in [6.07, 6.45) is 4.51. The first-order chi connectivity index (χ1) is 7.09. The fraction of sp³-hybridized carbons (Fsp3) is 0.250. The molecule has 0 aliphatic carbocycles. The van der Waals surface area contributed by atoms with Crippen molar-refractivity contribution in [3.63, 3.8) is 0 Å². The minimum atomic E-state index is -0.771. The molecule has 3 heteroatoms. The molecule has 0 heterocycles. The second-order valence-corrected chi connectivity index (χ2v) is 3.77. The van der Waals surface area contributed by atoms with Crippen molar-refractivity contribution in [1.29, 1.82) is 0 Å². The molecule has 0 radical (unpaired) electrons. The molecule has 0 unspecified atom stereocenters. The first-order valence-electron chi connectivity index (χ1n) is 4.74. The van der Waals surface area contributed by atoms with Crippen molar-refractivity contribution in [2.45, 2.75) is 19.8 Å². The van der Waals surface area contributed by atoms with Crippen LogP contribution in [-0.4, -0.2) is 11.1 Å². The zero-order valence-corrected chi connectivity index (χ0v) is 9.29. The van der Waals surface area contributed by atoms with Gasteiger partial charge in [0.25, 0.3) is 0 Å². The van der Waals surface area contributed by atoms with Crippen LogP contribution in [0.1, 0.15) is 24.0 Å². The highest BCUT2D eigenvalue weighted by Gasteiger charge is 1.96. The first-order valence-corrected chi connectivity index (χ1v) is 5.12. The summed E-state index contributed by atoms with van der Waals surface area (Å²) in [5, 5.41) is 9.17. The lowest BCUT2D eigenvalue weighted by molar-refractivity contribution is -0.136. The third-order valence-corrected chi connectivity index (χ3v) is 2.29. The summed E-state index contributed by atoms with van der Waals surface area (Å²) in [5.41, 5.74) is 2.17. The van der Waals surface area contributed by atoms with E-state index in [-0.39, 0.29) is 6.42 Å². The van der Waals surface area contributed by atoms with Crippen molar-refractivity contribution in [1.82, 2.24) is 0 Å². The van der Waals surface area contributed by atoms with E-state index in [9.17, 15) is 4.79 Å². The molecule has 0 saturated carbocycles. The number of carbonyl (C=O) groups is 1. The van der Waals surface area contributed by atoms with Crippen LogP contribution >= 0.6 is 11.6 Å². The van der Waals surface area contributed by atoms with Crippen molar-refractivity contribution in [3.05, 3.63) is 40.4 Å². The molecule has 1 aromatic rings. The van der Waals surface area contributed by atoms with Gasteiger partial charge in [-0.3, -0.25) is 4.79 Å². The minimum Gasteiger partial charge on any atom is -0.481 e. The van der Waals surface area contributed by atoms with Gasteiger partial charge in [0, 0.05) is 11.4 Å². The Labute approximate surface area is 94.2 Å². The van der Waals surface area contributed by atoms with Crippen LogP contribution in [0.3, 0.4) is 0 Å².